The van der Waals surface area contributed by atoms with E-state index in [9.17, 15) is 13.5 Å². The summed E-state index contributed by atoms with van der Waals surface area (Å²) in [5.74, 6) is 0.717. The third-order valence-electron chi connectivity index (χ3n) is 4.53. The largest absolute Gasteiger partial charge is 0.467 e. The molecule has 1 aromatic carbocycles. The molecule has 152 valence electrons. The molecule has 0 saturated carbocycles. The molecule has 7 nitrogen and oxygen atoms in total. The van der Waals surface area contributed by atoms with Gasteiger partial charge in [-0.3, -0.25) is 4.90 Å². The molecule has 1 N–H and O–H groups in total. The molecular weight excluding hydrogens is 380 g/mol. The van der Waals surface area contributed by atoms with Crippen LogP contribution in [0.1, 0.15) is 11.3 Å². The first-order valence-electron chi connectivity index (χ1n) is 9.27. The van der Waals surface area contributed by atoms with Crippen molar-refractivity contribution in [3.8, 4) is 0 Å². The van der Waals surface area contributed by atoms with Gasteiger partial charge < -0.3 is 14.3 Å². The van der Waals surface area contributed by atoms with Crippen LogP contribution in [-0.2, 0) is 21.4 Å². The number of aliphatic hydroxyl groups is 1. The summed E-state index contributed by atoms with van der Waals surface area (Å²) in [4.78, 5) is 2.05. The minimum Gasteiger partial charge on any atom is -0.467 e. The zero-order valence-corrected chi connectivity index (χ0v) is 16.5. The van der Waals surface area contributed by atoms with Gasteiger partial charge in [0.15, 0.2) is 0 Å². The Morgan fingerprint density at radius 3 is 2.54 bits per heavy atom. The van der Waals surface area contributed by atoms with Crippen LogP contribution in [0, 0.1) is 0 Å². The summed E-state index contributed by atoms with van der Waals surface area (Å²) >= 11 is 0. The highest BCUT2D eigenvalue weighted by Gasteiger charge is 2.26. The molecule has 2 aromatic rings. The second kappa shape index (κ2) is 9.99. The molecular formula is C20H26N2O5S. The molecule has 0 radical (unpaired) electrons. The minimum atomic E-state index is -3.44. The zero-order valence-electron chi connectivity index (χ0n) is 15.7. The molecule has 1 saturated heterocycles. The van der Waals surface area contributed by atoms with Gasteiger partial charge in [0.05, 0.1) is 19.0 Å². The fraction of sp³-hybridized carbons (Fsp3) is 0.400. The number of rotatable bonds is 9. The number of aliphatic hydroxyl groups excluding tert-OH is 1. The normalized spacial score (nSPS) is 17.9. The Kier molecular flexibility index (Phi) is 7.41. The van der Waals surface area contributed by atoms with Gasteiger partial charge in [0.1, 0.15) is 12.4 Å². The highest BCUT2D eigenvalue weighted by atomic mass is 32.2. The summed E-state index contributed by atoms with van der Waals surface area (Å²) in [7, 11) is -3.44. The third-order valence-corrected chi connectivity index (χ3v) is 6.09. The van der Waals surface area contributed by atoms with Gasteiger partial charge in [0, 0.05) is 38.1 Å². The van der Waals surface area contributed by atoms with Crippen LogP contribution in [0.3, 0.4) is 0 Å². The summed E-state index contributed by atoms with van der Waals surface area (Å²) in [5.41, 5.74) is 0.849. The number of hydrogen-bond acceptors (Lipinski definition) is 6. The highest BCUT2D eigenvalue weighted by molar-refractivity contribution is 7.92. The molecule has 0 aliphatic carbocycles. The van der Waals surface area contributed by atoms with Gasteiger partial charge in [0.2, 0.25) is 10.0 Å². The maximum atomic E-state index is 12.5. The molecule has 3 rings (SSSR count). The standard InChI is InChI=1S/C20H26N2O5S/c23-19(16-26-17-20-7-4-13-27-20)15-21-9-11-22(12-10-21)28(24,25)14-8-18-5-2-1-3-6-18/h1-8,13-14,19,23H,9-12,15-17H2/b14-8+. The fourth-order valence-corrected chi connectivity index (χ4v) is 4.20. The lowest BCUT2D eigenvalue weighted by Gasteiger charge is -2.34. The molecule has 0 spiro atoms. The molecule has 0 bridgehead atoms. The Morgan fingerprint density at radius 1 is 1.11 bits per heavy atom. The van der Waals surface area contributed by atoms with Crippen LogP contribution in [0.15, 0.2) is 58.6 Å². The Morgan fingerprint density at radius 2 is 1.86 bits per heavy atom. The van der Waals surface area contributed by atoms with E-state index in [1.165, 1.54) is 9.71 Å². The maximum Gasteiger partial charge on any atom is 0.236 e. The summed E-state index contributed by atoms with van der Waals surface area (Å²) in [6, 6.07) is 13.0. The van der Waals surface area contributed by atoms with Gasteiger partial charge in [-0.25, -0.2) is 8.42 Å². The van der Waals surface area contributed by atoms with Gasteiger partial charge in [-0.1, -0.05) is 30.3 Å². The molecule has 1 unspecified atom stereocenters. The van der Waals surface area contributed by atoms with E-state index in [4.69, 9.17) is 9.15 Å². The van der Waals surface area contributed by atoms with E-state index < -0.39 is 16.1 Å². The summed E-state index contributed by atoms with van der Waals surface area (Å²) in [6.07, 6.45) is 2.57. The first kappa shape index (κ1) is 20.8. The van der Waals surface area contributed by atoms with Crippen molar-refractivity contribution in [3.05, 3.63) is 65.5 Å². The first-order valence-corrected chi connectivity index (χ1v) is 10.8. The van der Waals surface area contributed by atoms with Crippen LogP contribution in [-0.4, -0.2) is 68.2 Å². The van der Waals surface area contributed by atoms with E-state index in [1.807, 2.05) is 41.3 Å². The molecule has 1 atom stereocenters. The molecule has 1 aliphatic heterocycles. The lowest BCUT2D eigenvalue weighted by molar-refractivity contribution is 0.00104. The van der Waals surface area contributed by atoms with E-state index in [1.54, 1.807) is 18.4 Å². The Labute approximate surface area is 165 Å². The SMILES string of the molecule is O=S(=O)(/C=C/c1ccccc1)N1CCN(CC(O)COCc2ccco2)CC1. The number of hydrogen-bond donors (Lipinski definition) is 1. The van der Waals surface area contributed by atoms with Crippen molar-refractivity contribution >= 4 is 16.1 Å². The quantitative estimate of drug-likeness (QED) is 0.683. The topological polar surface area (TPSA) is 83.2 Å². The number of nitrogens with zero attached hydrogens (tertiary/aromatic N) is 2. The second-order valence-electron chi connectivity index (χ2n) is 6.71. The predicted molar refractivity (Wildman–Crippen MR) is 107 cm³/mol. The number of furan rings is 1. The highest BCUT2D eigenvalue weighted by Crippen LogP contribution is 2.12. The predicted octanol–water partition coefficient (Wildman–Crippen LogP) is 1.78. The zero-order chi connectivity index (χ0) is 19.8. The molecule has 1 aromatic heterocycles. The van der Waals surface area contributed by atoms with Gasteiger partial charge in [-0.05, 0) is 23.8 Å². The summed E-state index contributed by atoms with van der Waals surface area (Å²) in [5, 5.41) is 11.4. The minimum absolute atomic E-state index is 0.207. The van der Waals surface area contributed by atoms with Crippen LogP contribution in [0.5, 0.6) is 0 Å². The number of benzene rings is 1. The van der Waals surface area contributed by atoms with Crippen LogP contribution in [0.4, 0.5) is 0 Å². The summed E-state index contributed by atoms with van der Waals surface area (Å²) in [6.45, 7) is 2.94. The van der Waals surface area contributed by atoms with E-state index in [0.29, 0.717) is 39.3 Å². The maximum absolute atomic E-state index is 12.5. The Bertz CT molecular complexity index is 829. The van der Waals surface area contributed by atoms with Gasteiger partial charge in [0.25, 0.3) is 0 Å². The fourth-order valence-electron chi connectivity index (χ4n) is 3.02. The summed E-state index contributed by atoms with van der Waals surface area (Å²) < 4.78 is 37.1. The average molecular weight is 407 g/mol. The third kappa shape index (κ3) is 6.29. The molecule has 1 fully saturated rings. The molecule has 8 heteroatoms. The van der Waals surface area contributed by atoms with E-state index in [2.05, 4.69) is 0 Å². The van der Waals surface area contributed by atoms with Gasteiger partial charge in [-0.15, -0.1) is 0 Å². The van der Waals surface area contributed by atoms with Crippen molar-refractivity contribution in [2.24, 2.45) is 0 Å². The van der Waals surface area contributed by atoms with Crippen molar-refractivity contribution in [2.75, 3.05) is 39.3 Å². The van der Waals surface area contributed by atoms with Crippen molar-refractivity contribution < 1.29 is 22.7 Å². The Hall–Kier alpha value is -1.97. The number of piperazine rings is 1. The lowest BCUT2D eigenvalue weighted by Crippen LogP contribution is -2.50. The van der Waals surface area contributed by atoms with E-state index in [0.717, 1.165) is 11.3 Å². The first-order chi connectivity index (χ1) is 13.5. The van der Waals surface area contributed by atoms with Gasteiger partial charge >= 0.3 is 0 Å². The van der Waals surface area contributed by atoms with E-state index in [-0.39, 0.29) is 6.61 Å². The molecule has 28 heavy (non-hydrogen) atoms. The molecule has 1 aliphatic rings. The lowest BCUT2D eigenvalue weighted by atomic mass is 10.2. The van der Waals surface area contributed by atoms with Gasteiger partial charge in [-0.2, -0.15) is 4.31 Å². The number of β-amino-alcohol motifs (C(OH)–C–C–N with tert-alkyl or cyclic N) is 1. The van der Waals surface area contributed by atoms with Crippen molar-refractivity contribution in [1.82, 2.24) is 9.21 Å². The Balaban J connectivity index is 1.40. The van der Waals surface area contributed by atoms with Crippen LogP contribution in [0.2, 0.25) is 0 Å². The second-order valence-corrected chi connectivity index (χ2v) is 8.52. The molecule has 0 amide bonds. The van der Waals surface area contributed by atoms with Crippen molar-refractivity contribution in [1.29, 1.82) is 0 Å². The smallest absolute Gasteiger partial charge is 0.236 e. The van der Waals surface area contributed by atoms with Crippen LogP contribution in [0.25, 0.3) is 6.08 Å². The number of ether oxygens (including phenoxy) is 1. The van der Waals surface area contributed by atoms with Crippen LogP contribution >= 0.6 is 0 Å². The monoisotopic (exact) mass is 406 g/mol. The van der Waals surface area contributed by atoms with Crippen LogP contribution < -0.4 is 0 Å². The molecule has 2 heterocycles. The van der Waals surface area contributed by atoms with Crippen molar-refractivity contribution in [3.63, 3.8) is 0 Å². The van der Waals surface area contributed by atoms with Crippen molar-refractivity contribution in [2.45, 2.75) is 12.7 Å². The average Bonchev–Trinajstić information content (AvgIpc) is 3.21. The number of sulfonamides is 1. The van der Waals surface area contributed by atoms with E-state index >= 15 is 0 Å².